The topological polar surface area (TPSA) is 40.9 Å². The molecule has 48 valence electrons. The van der Waals surface area contributed by atoms with Crippen LogP contribution in [0.1, 0.15) is 13.3 Å². The molecule has 0 N–H and O–H groups in total. The zero-order valence-electron chi connectivity index (χ0n) is 5.42. The average molecular weight is 123 g/mol. The van der Waals surface area contributed by atoms with E-state index in [4.69, 9.17) is 5.26 Å². The molecule has 1 unspecified atom stereocenters. The van der Waals surface area contributed by atoms with E-state index in [1.807, 2.05) is 6.07 Å². The highest BCUT2D eigenvalue weighted by Crippen LogP contribution is 2.01. The standard InChI is InChI=1S/C7H9NO/c1-3-4-7(5-8)6(2)9/h3,7H,1,4H2,2H3. The SMILES string of the molecule is C=CCC(C#N)C(C)=O. The number of hydrogen-bond acceptors (Lipinski definition) is 2. The molecule has 0 aliphatic carbocycles. The first-order valence-corrected chi connectivity index (χ1v) is 2.73. The lowest BCUT2D eigenvalue weighted by Gasteiger charge is -1.96. The van der Waals surface area contributed by atoms with Crippen LogP contribution in [0.2, 0.25) is 0 Å². The largest absolute Gasteiger partial charge is 0.299 e. The van der Waals surface area contributed by atoms with Crippen molar-refractivity contribution in [1.82, 2.24) is 0 Å². The Hall–Kier alpha value is -1.10. The summed E-state index contributed by atoms with van der Waals surface area (Å²) in [5.41, 5.74) is 0. The van der Waals surface area contributed by atoms with E-state index >= 15 is 0 Å². The Morgan fingerprint density at radius 3 is 2.67 bits per heavy atom. The van der Waals surface area contributed by atoms with Gasteiger partial charge in [-0.1, -0.05) is 6.08 Å². The zero-order chi connectivity index (χ0) is 7.28. The Morgan fingerprint density at radius 2 is 2.56 bits per heavy atom. The molecule has 0 heterocycles. The summed E-state index contributed by atoms with van der Waals surface area (Å²) in [6.45, 7) is 4.84. The van der Waals surface area contributed by atoms with E-state index < -0.39 is 5.92 Å². The molecule has 9 heavy (non-hydrogen) atoms. The summed E-state index contributed by atoms with van der Waals surface area (Å²) < 4.78 is 0. The van der Waals surface area contributed by atoms with Crippen molar-refractivity contribution < 1.29 is 4.79 Å². The van der Waals surface area contributed by atoms with Crippen molar-refractivity contribution in [3.8, 4) is 6.07 Å². The molecular weight excluding hydrogens is 114 g/mol. The molecule has 0 saturated carbocycles. The van der Waals surface area contributed by atoms with Crippen LogP contribution < -0.4 is 0 Å². The van der Waals surface area contributed by atoms with Gasteiger partial charge in [-0.3, -0.25) is 4.79 Å². The Morgan fingerprint density at radius 1 is 2.00 bits per heavy atom. The predicted molar refractivity (Wildman–Crippen MR) is 34.6 cm³/mol. The van der Waals surface area contributed by atoms with Crippen LogP contribution in [0, 0.1) is 17.2 Å². The predicted octanol–water partition coefficient (Wildman–Crippen LogP) is 1.29. The van der Waals surface area contributed by atoms with Crippen LogP contribution in [0.5, 0.6) is 0 Å². The summed E-state index contributed by atoms with van der Waals surface area (Å²) in [5.74, 6) is -0.570. The average Bonchev–Trinajstić information content (AvgIpc) is 1.82. The van der Waals surface area contributed by atoms with Crippen molar-refractivity contribution in [1.29, 1.82) is 5.26 Å². The van der Waals surface area contributed by atoms with Gasteiger partial charge in [-0.2, -0.15) is 5.26 Å². The van der Waals surface area contributed by atoms with Gasteiger partial charge in [0.1, 0.15) is 11.7 Å². The van der Waals surface area contributed by atoms with Crippen LogP contribution in [-0.2, 0) is 4.79 Å². The highest BCUT2D eigenvalue weighted by atomic mass is 16.1. The van der Waals surface area contributed by atoms with Gasteiger partial charge in [0.2, 0.25) is 0 Å². The fourth-order valence-corrected chi connectivity index (χ4v) is 0.476. The fourth-order valence-electron chi connectivity index (χ4n) is 0.476. The summed E-state index contributed by atoms with van der Waals surface area (Å²) in [6, 6.07) is 1.88. The Balaban J connectivity index is 3.86. The van der Waals surface area contributed by atoms with Crippen LogP contribution in [0.4, 0.5) is 0 Å². The van der Waals surface area contributed by atoms with E-state index in [0.29, 0.717) is 6.42 Å². The van der Waals surface area contributed by atoms with E-state index in [1.54, 1.807) is 6.08 Å². The maximum atomic E-state index is 10.5. The lowest BCUT2D eigenvalue weighted by atomic mass is 10.0. The van der Waals surface area contributed by atoms with Crippen molar-refractivity contribution in [3.05, 3.63) is 12.7 Å². The molecule has 0 radical (unpaired) electrons. The van der Waals surface area contributed by atoms with Gasteiger partial charge in [0.25, 0.3) is 0 Å². The van der Waals surface area contributed by atoms with Crippen LogP contribution in [0.3, 0.4) is 0 Å². The van der Waals surface area contributed by atoms with Gasteiger partial charge in [-0.25, -0.2) is 0 Å². The monoisotopic (exact) mass is 123 g/mol. The van der Waals surface area contributed by atoms with Crippen LogP contribution in [0.25, 0.3) is 0 Å². The molecule has 0 spiro atoms. The second-order valence-corrected chi connectivity index (χ2v) is 1.82. The number of carbonyl (C=O) groups is 1. The van der Waals surface area contributed by atoms with Gasteiger partial charge in [-0.05, 0) is 13.3 Å². The Bertz CT molecular complexity index is 155. The Kier molecular flexibility index (Phi) is 3.38. The number of nitrogens with zero attached hydrogens (tertiary/aromatic N) is 1. The maximum Gasteiger partial charge on any atom is 0.147 e. The number of hydrogen-bond donors (Lipinski definition) is 0. The highest BCUT2D eigenvalue weighted by Gasteiger charge is 2.08. The third-order valence-corrected chi connectivity index (χ3v) is 1.05. The molecule has 0 aromatic rings. The molecule has 2 nitrogen and oxygen atoms in total. The van der Waals surface area contributed by atoms with Crippen molar-refractivity contribution in [3.63, 3.8) is 0 Å². The van der Waals surface area contributed by atoms with E-state index in [0.717, 1.165) is 0 Å². The number of ketones is 1. The van der Waals surface area contributed by atoms with Gasteiger partial charge in [-0.15, -0.1) is 6.58 Å². The third-order valence-electron chi connectivity index (χ3n) is 1.05. The van der Waals surface area contributed by atoms with Crippen molar-refractivity contribution in [2.45, 2.75) is 13.3 Å². The first kappa shape index (κ1) is 7.90. The minimum Gasteiger partial charge on any atom is -0.299 e. The number of rotatable bonds is 3. The van der Waals surface area contributed by atoms with Crippen LogP contribution in [-0.4, -0.2) is 5.78 Å². The normalized spacial score (nSPS) is 11.6. The van der Waals surface area contributed by atoms with E-state index in [9.17, 15) is 4.79 Å². The summed E-state index contributed by atoms with van der Waals surface area (Å²) in [6.07, 6.45) is 2.04. The van der Waals surface area contributed by atoms with E-state index in [1.165, 1.54) is 6.92 Å². The number of nitriles is 1. The molecule has 0 amide bonds. The number of carbonyl (C=O) groups excluding carboxylic acids is 1. The van der Waals surface area contributed by atoms with Gasteiger partial charge in [0.05, 0.1) is 6.07 Å². The van der Waals surface area contributed by atoms with Crippen molar-refractivity contribution in [2.75, 3.05) is 0 Å². The summed E-state index contributed by atoms with van der Waals surface area (Å²) in [7, 11) is 0. The third kappa shape index (κ3) is 2.65. The summed E-state index contributed by atoms with van der Waals surface area (Å²) in [4.78, 5) is 10.5. The molecule has 0 fully saturated rings. The van der Waals surface area contributed by atoms with Gasteiger partial charge in [0.15, 0.2) is 0 Å². The second-order valence-electron chi connectivity index (χ2n) is 1.82. The van der Waals surface area contributed by atoms with Crippen LogP contribution >= 0.6 is 0 Å². The smallest absolute Gasteiger partial charge is 0.147 e. The summed E-state index contributed by atoms with van der Waals surface area (Å²) in [5, 5.41) is 8.31. The molecular formula is C7H9NO. The molecule has 0 aromatic heterocycles. The quantitative estimate of drug-likeness (QED) is 0.530. The highest BCUT2D eigenvalue weighted by molar-refractivity contribution is 5.80. The van der Waals surface area contributed by atoms with Gasteiger partial charge < -0.3 is 0 Å². The second kappa shape index (κ2) is 3.85. The van der Waals surface area contributed by atoms with Gasteiger partial charge >= 0.3 is 0 Å². The van der Waals surface area contributed by atoms with Gasteiger partial charge in [0, 0.05) is 0 Å². The Labute approximate surface area is 54.8 Å². The molecule has 0 rings (SSSR count). The molecule has 0 aliphatic heterocycles. The first-order chi connectivity index (χ1) is 4.22. The molecule has 0 saturated heterocycles. The van der Waals surface area contributed by atoms with Crippen molar-refractivity contribution in [2.24, 2.45) is 5.92 Å². The number of Topliss-reactive ketones (excluding diaryl/α,β-unsaturated/α-hetero) is 1. The minimum absolute atomic E-state index is 0.0857. The lowest BCUT2D eigenvalue weighted by molar-refractivity contribution is -0.119. The molecule has 0 aromatic carbocycles. The van der Waals surface area contributed by atoms with Crippen LogP contribution in [0.15, 0.2) is 12.7 Å². The summed E-state index contributed by atoms with van der Waals surface area (Å²) >= 11 is 0. The molecule has 1 atom stereocenters. The molecule has 0 aliphatic rings. The fraction of sp³-hybridized carbons (Fsp3) is 0.429. The molecule has 0 bridgehead atoms. The first-order valence-electron chi connectivity index (χ1n) is 2.73. The zero-order valence-corrected chi connectivity index (χ0v) is 5.42. The molecule has 2 heteroatoms. The van der Waals surface area contributed by atoms with Crippen molar-refractivity contribution >= 4 is 5.78 Å². The number of allylic oxidation sites excluding steroid dienone is 1. The lowest BCUT2D eigenvalue weighted by Crippen LogP contribution is -2.06. The van der Waals surface area contributed by atoms with E-state index in [-0.39, 0.29) is 5.78 Å². The maximum absolute atomic E-state index is 10.5. The van der Waals surface area contributed by atoms with E-state index in [2.05, 4.69) is 6.58 Å². The minimum atomic E-state index is -0.484.